The molecular formula is C16H11N3O. The number of nitrogens with one attached hydrogen (secondary N) is 1. The monoisotopic (exact) mass is 261 g/mol. The van der Waals surface area contributed by atoms with E-state index in [2.05, 4.69) is 21.2 Å². The van der Waals surface area contributed by atoms with Gasteiger partial charge in [-0.3, -0.25) is 0 Å². The van der Waals surface area contributed by atoms with Crippen LogP contribution in [0.4, 0.5) is 11.4 Å². The summed E-state index contributed by atoms with van der Waals surface area (Å²) >= 11 is 0. The van der Waals surface area contributed by atoms with Gasteiger partial charge >= 0.3 is 0 Å². The Bertz CT molecular complexity index is 821. The van der Waals surface area contributed by atoms with Crippen LogP contribution in [0.1, 0.15) is 5.56 Å². The molecule has 4 heteroatoms. The summed E-state index contributed by atoms with van der Waals surface area (Å²) in [5.41, 5.74) is 2.87. The molecule has 0 aliphatic heterocycles. The highest BCUT2D eigenvalue weighted by atomic mass is 16.3. The van der Waals surface area contributed by atoms with Gasteiger partial charge in [0.2, 0.25) is 0 Å². The fourth-order valence-electron chi connectivity index (χ4n) is 1.96. The van der Waals surface area contributed by atoms with Crippen molar-refractivity contribution in [3.63, 3.8) is 0 Å². The summed E-state index contributed by atoms with van der Waals surface area (Å²) < 4.78 is 0. The van der Waals surface area contributed by atoms with Gasteiger partial charge in [0, 0.05) is 28.9 Å². The molecule has 0 radical (unpaired) electrons. The van der Waals surface area contributed by atoms with Gasteiger partial charge in [-0.1, -0.05) is 12.0 Å². The highest BCUT2D eigenvalue weighted by molar-refractivity contribution is 5.86. The van der Waals surface area contributed by atoms with Gasteiger partial charge in [0.25, 0.3) is 0 Å². The van der Waals surface area contributed by atoms with E-state index in [1.807, 2.05) is 24.3 Å². The largest absolute Gasteiger partial charge is 0.506 e. The highest BCUT2D eigenvalue weighted by Crippen LogP contribution is 2.30. The summed E-state index contributed by atoms with van der Waals surface area (Å²) in [7, 11) is 0. The van der Waals surface area contributed by atoms with Gasteiger partial charge in [-0.15, -0.1) is 6.42 Å². The summed E-state index contributed by atoms with van der Waals surface area (Å²) in [6.07, 6.45) is 8.52. The minimum atomic E-state index is 0.127. The third-order valence-electron chi connectivity index (χ3n) is 2.93. The van der Waals surface area contributed by atoms with Crippen LogP contribution >= 0.6 is 0 Å². The minimum Gasteiger partial charge on any atom is -0.506 e. The Morgan fingerprint density at radius 3 is 2.95 bits per heavy atom. The molecule has 96 valence electrons. The second-order valence-electron chi connectivity index (χ2n) is 4.30. The van der Waals surface area contributed by atoms with Crippen LogP contribution in [0, 0.1) is 12.3 Å². The molecule has 0 saturated carbocycles. The first-order valence-electron chi connectivity index (χ1n) is 6.03. The van der Waals surface area contributed by atoms with E-state index in [0.717, 1.165) is 16.6 Å². The molecule has 1 heterocycles. The van der Waals surface area contributed by atoms with Crippen LogP contribution in [0.25, 0.3) is 10.9 Å². The molecule has 0 aliphatic rings. The van der Waals surface area contributed by atoms with Crippen molar-refractivity contribution in [3.05, 3.63) is 54.5 Å². The number of aromatic hydroxyl groups is 1. The summed E-state index contributed by atoms with van der Waals surface area (Å²) in [6, 6.07) is 10.8. The maximum absolute atomic E-state index is 10.0. The average Bonchev–Trinajstić information content (AvgIpc) is 2.48. The van der Waals surface area contributed by atoms with Gasteiger partial charge in [0.15, 0.2) is 0 Å². The maximum Gasteiger partial charge on any atom is 0.141 e. The Balaban J connectivity index is 2.01. The van der Waals surface area contributed by atoms with E-state index in [0.29, 0.717) is 11.2 Å². The molecule has 3 rings (SSSR count). The van der Waals surface area contributed by atoms with E-state index in [4.69, 9.17) is 6.42 Å². The smallest absolute Gasteiger partial charge is 0.141 e. The third-order valence-corrected chi connectivity index (χ3v) is 2.93. The first-order chi connectivity index (χ1) is 9.76. The highest BCUT2D eigenvalue weighted by Gasteiger charge is 2.05. The molecule has 1 aromatic heterocycles. The molecule has 0 bridgehead atoms. The number of phenols is 1. The van der Waals surface area contributed by atoms with Crippen molar-refractivity contribution in [1.82, 2.24) is 9.97 Å². The lowest BCUT2D eigenvalue weighted by Gasteiger charge is -2.10. The Labute approximate surface area is 116 Å². The van der Waals surface area contributed by atoms with Crippen LogP contribution in [0.3, 0.4) is 0 Å². The third kappa shape index (κ3) is 2.25. The summed E-state index contributed by atoms with van der Waals surface area (Å²) in [6.45, 7) is 0. The molecule has 2 N–H and O–H groups in total. The summed E-state index contributed by atoms with van der Waals surface area (Å²) in [4.78, 5) is 8.06. The molecule has 0 atom stereocenters. The van der Waals surface area contributed by atoms with Gasteiger partial charge in [0.1, 0.15) is 12.1 Å². The van der Waals surface area contributed by atoms with E-state index in [-0.39, 0.29) is 5.75 Å². The number of benzene rings is 2. The first-order valence-corrected chi connectivity index (χ1v) is 6.03. The van der Waals surface area contributed by atoms with Crippen molar-refractivity contribution >= 4 is 22.3 Å². The van der Waals surface area contributed by atoms with Crippen molar-refractivity contribution < 1.29 is 5.11 Å². The molecule has 0 amide bonds. The van der Waals surface area contributed by atoms with E-state index in [1.54, 1.807) is 18.3 Å². The van der Waals surface area contributed by atoms with Gasteiger partial charge < -0.3 is 10.4 Å². The first kappa shape index (κ1) is 12.0. The summed E-state index contributed by atoms with van der Waals surface area (Å²) in [5, 5.41) is 14.0. The zero-order chi connectivity index (χ0) is 13.9. The lowest BCUT2D eigenvalue weighted by atomic mass is 10.1. The SMILES string of the molecule is C#Cc1cccc(Nc2cc3cncnc3cc2O)c1. The molecule has 0 unspecified atom stereocenters. The summed E-state index contributed by atoms with van der Waals surface area (Å²) in [5.74, 6) is 2.70. The van der Waals surface area contributed by atoms with Crippen LogP contribution in [-0.4, -0.2) is 15.1 Å². The predicted octanol–water partition coefficient (Wildman–Crippen LogP) is 3.06. The zero-order valence-corrected chi connectivity index (χ0v) is 10.5. The minimum absolute atomic E-state index is 0.127. The normalized spacial score (nSPS) is 10.2. The second-order valence-corrected chi connectivity index (χ2v) is 4.30. The topological polar surface area (TPSA) is 58.0 Å². The van der Waals surface area contributed by atoms with Gasteiger partial charge in [-0.25, -0.2) is 9.97 Å². The number of terminal acetylenes is 1. The number of hydrogen-bond acceptors (Lipinski definition) is 4. The fraction of sp³-hybridized carbons (Fsp3) is 0. The molecule has 3 aromatic rings. The number of anilines is 2. The number of fused-ring (bicyclic) bond motifs is 1. The van der Waals surface area contributed by atoms with Crippen LogP contribution in [0.2, 0.25) is 0 Å². The van der Waals surface area contributed by atoms with Gasteiger partial charge in [-0.2, -0.15) is 0 Å². The van der Waals surface area contributed by atoms with Crippen molar-refractivity contribution in [1.29, 1.82) is 0 Å². The van der Waals surface area contributed by atoms with Crippen LogP contribution < -0.4 is 5.32 Å². The number of aromatic nitrogens is 2. The number of phenolic OH excluding ortho intramolecular Hbond substituents is 1. The lowest BCUT2D eigenvalue weighted by molar-refractivity contribution is 0.478. The molecule has 0 saturated heterocycles. The van der Waals surface area contributed by atoms with E-state index in [9.17, 15) is 5.11 Å². The predicted molar refractivity (Wildman–Crippen MR) is 78.9 cm³/mol. The fourth-order valence-corrected chi connectivity index (χ4v) is 1.96. The molecule has 0 fully saturated rings. The number of rotatable bonds is 2. The quantitative estimate of drug-likeness (QED) is 0.550. The van der Waals surface area contributed by atoms with Crippen molar-refractivity contribution in [2.75, 3.05) is 5.32 Å². The zero-order valence-electron chi connectivity index (χ0n) is 10.5. The van der Waals surface area contributed by atoms with E-state index >= 15 is 0 Å². The average molecular weight is 261 g/mol. The lowest BCUT2D eigenvalue weighted by Crippen LogP contribution is -1.92. The second kappa shape index (κ2) is 4.90. The van der Waals surface area contributed by atoms with Crippen LogP contribution in [0.15, 0.2) is 48.9 Å². The van der Waals surface area contributed by atoms with Crippen molar-refractivity contribution in [2.45, 2.75) is 0 Å². The molecule has 4 nitrogen and oxygen atoms in total. The maximum atomic E-state index is 10.0. The van der Waals surface area contributed by atoms with Crippen LogP contribution in [0.5, 0.6) is 5.75 Å². The Morgan fingerprint density at radius 1 is 1.20 bits per heavy atom. The molecule has 0 aliphatic carbocycles. The Hall–Kier alpha value is -3.06. The number of hydrogen-bond donors (Lipinski definition) is 2. The molecule has 2 aromatic carbocycles. The Morgan fingerprint density at radius 2 is 2.10 bits per heavy atom. The van der Waals surface area contributed by atoms with Gasteiger partial charge in [-0.05, 0) is 24.3 Å². The van der Waals surface area contributed by atoms with E-state index < -0.39 is 0 Å². The van der Waals surface area contributed by atoms with Crippen LogP contribution in [-0.2, 0) is 0 Å². The van der Waals surface area contributed by atoms with Crippen molar-refractivity contribution in [2.24, 2.45) is 0 Å². The molecule has 0 spiro atoms. The number of nitrogens with zero attached hydrogens (tertiary/aromatic N) is 2. The molecular weight excluding hydrogens is 250 g/mol. The van der Waals surface area contributed by atoms with E-state index in [1.165, 1.54) is 6.33 Å². The molecule has 20 heavy (non-hydrogen) atoms. The Kier molecular flexibility index (Phi) is 2.94. The van der Waals surface area contributed by atoms with Gasteiger partial charge in [0.05, 0.1) is 11.2 Å². The van der Waals surface area contributed by atoms with Crippen molar-refractivity contribution in [3.8, 4) is 18.1 Å². The standard InChI is InChI=1S/C16H11N3O/c1-2-11-4-3-5-13(6-11)19-15-7-12-9-17-10-18-14(12)8-16(15)20/h1,3-10,19-20H.